The number of amides is 1. The first-order valence-electron chi connectivity index (χ1n) is 6.75. The number of aromatic nitrogens is 3. The van der Waals surface area contributed by atoms with Gasteiger partial charge in [0.25, 0.3) is 5.91 Å². The lowest BCUT2D eigenvalue weighted by atomic mass is 10.1. The normalized spacial score (nSPS) is 18.2. The molecule has 1 aliphatic rings. The second-order valence-electron chi connectivity index (χ2n) is 4.96. The van der Waals surface area contributed by atoms with Crippen molar-refractivity contribution in [1.82, 2.24) is 25.6 Å². The van der Waals surface area contributed by atoms with Crippen molar-refractivity contribution in [2.75, 3.05) is 19.6 Å². The Morgan fingerprint density at radius 1 is 1.63 bits per heavy atom. The van der Waals surface area contributed by atoms with E-state index in [2.05, 4.69) is 20.9 Å². The van der Waals surface area contributed by atoms with Gasteiger partial charge >= 0.3 is 0 Å². The molecule has 1 atom stereocenters. The number of nitrogens with zero attached hydrogens (tertiary/aromatic N) is 3. The molecule has 1 amide bonds. The number of carbonyl (C=O) groups excluding carboxylic acids is 1. The van der Waals surface area contributed by atoms with Crippen molar-refractivity contribution in [3.8, 4) is 0 Å². The van der Waals surface area contributed by atoms with Crippen LogP contribution >= 0.6 is 0 Å². The summed E-state index contributed by atoms with van der Waals surface area (Å²) in [6, 6.07) is 0.327. The minimum atomic E-state index is -0.411. The van der Waals surface area contributed by atoms with Crippen molar-refractivity contribution in [3.63, 3.8) is 0 Å². The Bertz CT molecular complexity index is 412. The Kier molecular flexibility index (Phi) is 4.86. The molecule has 3 N–H and O–H groups in total. The molecule has 1 fully saturated rings. The van der Waals surface area contributed by atoms with Gasteiger partial charge in [0.1, 0.15) is 0 Å². The van der Waals surface area contributed by atoms with Crippen molar-refractivity contribution >= 4 is 5.91 Å². The zero-order valence-electron chi connectivity index (χ0n) is 11.2. The van der Waals surface area contributed by atoms with E-state index in [0.29, 0.717) is 24.7 Å². The zero-order chi connectivity index (χ0) is 13.7. The summed E-state index contributed by atoms with van der Waals surface area (Å²) < 4.78 is 1.78. The highest BCUT2D eigenvalue weighted by atomic mass is 16.3. The van der Waals surface area contributed by atoms with Gasteiger partial charge in [-0.1, -0.05) is 5.21 Å². The molecule has 0 bridgehead atoms. The van der Waals surface area contributed by atoms with Gasteiger partial charge in [0.05, 0.1) is 18.3 Å². The topological polar surface area (TPSA) is 92.1 Å². The number of hydrogen-bond acceptors (Lipinski definition) is 5. The molecule has 0 saturated carbocycles. The molecule has 0 unspecified atom stereocenters. The van der Waals surface area contributed by atoms with Crippen molar-refractivity contribution in [3.05, 3.63) is 11.9 Å². The number of piperidine rings is 1. The third kappa shape index (κ3) is 4.00. The lowest BCUT2D eigenvalue weighted by Crippen LogP contribution is -2.29. The van der Waals surface area contributed by atoms with Gasteiger partial charge in [-0.3, -0.25) is 4.79 Å². The Labute approximate surface area is 112 Å². The van der Waals surface area contributed by atoms with Crippen molar-refractivity contribution < 1.29 is 9.90 Å². The third-order valence-electron chi connectivity index (χ3n) is 3.27. The van der Waals surface area contributed by atoms with Gasteiger partial charge in [-0.2, -0.15) is 0 Å². The molecule has 106 valence electrons. The maximum Gasteiger partial charge on any atom is 0.273 e. The summed E-state index contributed by atoms with van der Waals surface area (Å²) in [6.45, 7) is 4.08. The molecule has 2 heterocycles. The maximum atomic E-state index is 11.8. The van der Waals surface area contributed by atoms with Crippen LogP contribution in [0, 0.1) is 0 Å². The van der Waals surface area contributed by atoms with Gasteiger partial charge in [0, 0.05) is 6.54 Å². The van der Waals surface area contributed by atoms with E-state index >= 15 is 0 Å². The third-order valence-corrected chi connectivity index (χ3v) is 3.27. The quantitative estimate of drug-likeness (QED) is 0.681. The van der Waals surface area contributed by atoms with Crippen molar-refractivity contribution in [1.29, 1.82) is 0 Å². The highest BCUT2D eigenvalue weighted by molar-refractivity contribution is 5.91. The molecule has 1 aliphatic heterocycles. The van der Waals surface area contributed by atoms with E-state index in [1.54, 1.807) is 17.8 Å². The molecule has 0 radical (unpaired) electrons. The molecule has 19 heavy (non-hydrogen) atoms. The predicted molar refractivity (Wildman–Crippen MR) is 69.8 cm³/mol. The average Bonchev–Trinajstić information content (AvgIpc) is 2.89. The van der Waals surface area contributed by atoms with Crippen molar-refractivity contribution in [2.45, 2.75) is 38.3 Å². The monoisotopic (exact) mass is 267 g/mol. The number of hydrogen-bond donors (Lipinski definition) is 3. The minimum absolute atomic E-state index is 0.235. The summed E-state index contributed by atoms with van der Waals surface area (Å²) in [6.07, 6.45) is 3.84. The Hall–Kier alpha value is -1.47. The van der Waals surface area contributed by atoms with Crippen LogP contribution in [-0.4, -0.2) is 51.7 Å². The lowest BCUT2D eigenvalue weighted by Gasteiger charge is -2.22. The number of rotatable bonds is 5. The molecule has 1 saturated heterocycles. The van der Waals surface area contributed by atoms with Crippen LogP contribution in [0.3, 0.4) is 0 Å². The number of carbonyl (C=O) groups is 1. The zero-order valence-corrected chi connectivity index (χ0v) is 11.2. The summed E-state index contributed by atoms with van der Waals surface area (Å²) >= 11 is 0. The van der Waals surface area contributed by atoms with Gasteiger partial charge < -0.3 is 15.7 Å². The van der Waals surface area contributed by atoms with Gasteiger partial charge in [0.2, 0.25) is 0 Å². The Morgan fingerprint density at radius 2 is 2.37 bits per heavy atom. The summed E-state index contributed by atoms with van der Waals surface area (Å²) in [5, 5.41) is 23.1. The van der Waals surface area contributed by atoms with E-state index in [-0.39, 0.29) is 5.91 Å². The molecule has 2 rings (SSSR count). The first-order valence-corrected chi connectivity index (χ1v) is 6.75. The van der Waals surface area contributed by atoms with Crippen LogP contribution in [0.1, 0.15) is 42.7 Å². The largest absolute Gasteiger partial charge is 0.393 e. The van der Waals surface area contributed by atoms with E-state index in [1.165, 1.54) is 0 Å². The fourth-order valence-electron chi connectivity index (χ4n) is 2.12. The molecule has 7 nitrogen and oxygen atoms in total. The SMILES string of the molecule is C[C@@H](O)CCNC(=O)c1cn(C2CCNCC2)nn1. The summed E-state index contributed by atoms with van der Waals surface area (Å²) in [5.74, 6) is -0.235. The first-order chi connectivity index (χ1) is 9.16. The fourth-order valence-corrected chi connectivity index (χ4v) is 2.12. The summed E-state index contributed by atoms with van der Waals surface area (Å²) in [5.41, 5.74) is 0.337. The highest BCUT2D eigenvalue weighted by Gasteiger charge is 2.18. The average molecular weight is 267 g/mol. The van der Waals surface area contributed by atoms with Crippen LogP contribution in [0.2, 0.25) is 0 Å². The van der Waals surface area contributed by atoms with E-state index in [1.807, 2.05) is 0 Å². The second-order valence-corrected chi connectivity index (χ2v) is 4.96. The van der Waals surface area contributed by atoms with E-state index in [4.69, 9.17) is 5.11 Å². The molecule has 0 aromatic carbocycles. The van der Waals surface area contributed by atoms with Crippen LogP contribution in [0.25, 0.3) is 0 Å². The molecular weight excluding hydrogens is 246 g/mol. The number of aliphatic hydroxyl groups excluding tert-OH is 1. The fraction of sp³-hybridized carbons (Fsp3) is 0.750. The van der Waals surface area contributed by atoms with Crippen LogP contribution in [0.15, 0.2) is 6.20 Å². The van der Waals surface area contributed by atoms with Crippen LogP contribution < -0.4 is 10.6 Å². The summed E-state index contributed by atoms with van der Waals surface area (Å²) in [7, 11) is 0. The standard InChI is InChI=1S/C12H21N5O2/c1-9(18)2-7-14-12(19)11-8-17(16-15-11)10-3-5-13-6-4-10/h8-10,13,18H,2-7H2,1H3,(H,14,19)/t9-/m1/s1. The van der Waals surface area contributed by atoms with Gasteiger partial charge in [-0.15, -0.1) is 5.10 Å². The Morgan fingerprint density at radius 3 is 3.05 bits per heavy atom. The smallest absolute Gasteiger partial charge is 0.273 e. The van der Waals surface area contributed by atoms with Gasteiger partial charge in [-0.05, 0) is 39.3 Å². The summed E-state index contributed by atoms with van der Waals surface area (Å²) in [4.78, 5) is 11.8. The lowest BCUT2D eigenvalue weighted by molar-refractivity contribution is 0.0940. The van der Waals surface area contributed by atoms with E-state index in [9.17, 15) is 4.79 Å². The van der Waals surface area contributed by atoms with E-state index < -0.39 is 6.10 Å². The Balaban J connectivity index is 1.87. The first kappa shape index (κ1) is 14.0. The minimum Gasteiger partial charge on any atom is -0.393 e. The van der Waals surface area contributed by atoms with Gasteiger partial charge in [0.15, 0.2) is 5.69 Å². The van der Waals surface area contributed by atoms with Gasteiger partial charge in [-0.25, -0.2) is 4.68 Å². The predicted octanol–water partition coefficient (Wildman–Crippen LogP) is -0.297. The maximum absolute atomic E-state index is 11.8. The number of aliphatic hydroxyl groups is 1. The molecule has 7 heteroatoms. The molecule has 0 aliphatic carbocycles. The molecular formula is C12H21N5O2. The van der Waals surface area contributed by atoms with Crippen molar-refractivity contribution in [2.24, 2.45) is 0 Å². The molecule has 1 aromatic rings. The van der Waals surface area contributed by atoms with Crippen LogP contribution in [-0.2, 0) is 0 Å². The van der Waals surface area contributed by atoms with Crippen LogP contribution in [0.5, 0.6) is 0 Å². The van der Waals surface area contributed by atoms with E-state index in [0.717, 1.165) is 25.9 Å². The molecule has 0 spiro atoms. The molecule has 1 aromatic heterocycles. The highest BCUT2D eigenvalue weighted by Crippen LogP contribution is 2.16. The van der Waals surface area contributed by atoms with Crippen LogP contribution in [0.4, 0.5) is 0 Å². The number of nitrogens with one attached hydrogen (secondary N) is 2. The second kappa shape index (κ2) is 6.63.